The van der Waals surface area contributed by atoms with E-state index < -0.39 is 17.7 Å². The average Bonchev–Trinajstić information content (AvgIpc) is 3.24. The highest BCUT2D eigenvalue weighted by Crippen LogP contribution is 2.40. The van der Waals surface area contributed by atoms with Gasteiger partial charge in [-0.3, -0.25) is 14.5 Å². The second-order valence-corrected chi connectivity index (χ2v) is 11.2. The van der Waals surface area contributed by atoms with Crippen molar-refractivity contribution in [2.45, 2.75) is 52.5 Å². The molecule has 4 rings (SSSR count). The molecule has 0 aromatic heterocycles. The molecule has 0 bridgehead atoms. The van der Waals surface area contributed by atoms with E-state index in [1.807, 2.05) is 24.3 Å². The molecular formula is C33H44N2O6. The number of unbranched alkanes of at least 4 members (excludes halogenated alkanes) is 2. The molecule has 1 N–H and O–H groups in total. The molecule has 2 fully saturated rings. The summed E-state index contributed by atoms with van der Waals surface area (Å²) in [5, 5.41) is 11.4. The van der Waals surface area contributed by atoms with Gasteiger partial charge in [0.05, 0.1) is 38.0 Å². The summed E-state index contributed by atoms with van der Waals surface area (Å²) in [5.74, 6) is 0.375. The maximum Gasteiger partial charge on any atom is 0.295 e. The van der Waals surface area contributed by atoms with Gasteiger partial charge in [-0.25, -0.2) is 0 Å². The number of aliphatic hydroxyl groups is 1. The van der Waals surface area contributed by atoms with Crippen LogP contribution < -0.4 is 9.47 Å². The largest absolute Gasteiger partial charge is 0.507 e. The smallest absolute Gasteiger partial charge is 0.295 e. The van der Waals surface area contributed by atoms with Crippen LogP contribution in [-0.4, -0.2) is 79.2 Å². The van der Waals surface area contributed by atoms with Crippen LogP contribution in [0.2, 0.25) is 0 Å². The molecule has 8 heteroatoms. The second-order valence-electron chi connectivity index (χ2n) is 11.2. The van der Waals surface area contributed by atoms with Crippen molar-refractivity contribution in [2.75, 3.05) is 52.6 Å². The lowest BCUT2D eigenvalue weighted by Gasteiger charge is -2.29. The van der Waals surface area contributed by atoms with Gasteiger partial charge in [-0.15, -0.1) is 0 Å². The summed E-state index contributed by atoms with van der Waals surface area (Å²) in [7, 11) is 0. The first-order chi connectivity index (χ1) is 19.9. The molecule has 222 valence electrons. The van der Waals surface area contributed by atoms with Crippen molar-refractivity contribution in [3.05, 3.63) is 65.2 Å². The molecule has 8 nitrogen and oxygen atoms in total. The highest BCUT2D eigenvalue weighted by atomic mass is 16.5. The van der Waals surface area contributed by atoms with Gasteiger partial charge in [-0.05, 0) is 60.7 Å². The fraction of sp³-hybridized carbons (Fsp3) is 0.515. The maximum atomic E-state index is 13.4. The summed E-state index contributed by atoms with van der Waals surface area (Å²) in [6, 6.07) is 13.8. The molecule has 0 aliphatic carbocycles. The zero-order chi connectivity index (χ0) is 29.2. The fourth-order valence-corrected chi connectivity index (χ4v) is 5.16. The SMILES string of the molecule is CCCCCOc1ccc(C2C(=C(O)c3ccc(OCC(C)C)cc3)C(=O)C(=O)N2CCCN2CCOCC2)cc1. The molecule has 0 spiro atoms. The van der Waals surface area contributed by atoms with Crippen molar-refractivity contribution in [1.82, 2.24) is 9.80 Å². The van der Waals surface area contributed by atoms with Crippen molar-refractivity contribution >= 4 is 17.4 Å². The van der Waals surface area contributed by atoms with E-state index in [0.717, 1.165) is 50.2 Å². The van der Waals surface area contributed by atoms with E-state index in [-0.39, 0.29) is 11.3 Å². The van der Waals surface area contributed by atoms with Crippen LogP contribution in [0.25, 0.3) is 5.76 Å². The number of rotatable bonds is 14. The van der Waals surface area contributed by atoms with Crippen molar-refractivity contribution < 1.29 is 28.9 Å². The van der Waals surface area contributed by atoms with Crippen LogP contribution in [0.1, 0.15) is 63.6 Å². The first-order valence-electron chi connectivity index (χ1n) is 14.9. The Morgan fingerprint density at radius 1 is 0.927 bits per heavy atom. The highest BCUT2D eigenvalue weighted by molar-refractivity contribution is 6.46. The van der Waals surface area contributed by atoms with Crippen molar-refractivity contribution in [3.63, 3.8) is 0 Å². The van der Waals surface area contributed by atoms with Crippen LogP contribution in [0.5, 0.6) is 11.5 Å². The zero-order valence-corrected chi connectivity index (χ0v) is 24.6. The van der Waals surface area contributed by atoms with Crippen LogP contribution >= 0.6 is 0 Å². The molecular weight excluding hydrogens is 520 g/mol. The Bertz CT molecular complexity index is 1170. The molecule has 1 atom stereocenters. The number of hydrogen-bond donors (Lipinski definition) is 1. The summed E-state index contributed by atoms with van der Waals surface area (Å²) in [6.07, 6.45) is 3.94. The highest BCUT2D eigenvalue weighted by Gasteiger charge is 2.45. The van der Waals surface area contributed by atoms with Gasteiger partial charge in [-0.1, -0.05) is 45.7 Å². The summed E-state index contributed by atoms with van der Waals surface area (Å²) < 4.78 is 17.1. The number of benzene rings is 2. The Kier molecular flexibility index (Phi) is 11.2. The molecule has 41 heavy (non-hydrogen) atoms. The lowest BCUT2D eigenvalue weighted by molar-refractivity contribution is -0.140. The van der Waals surface area contributed by atoms with E-state index in [1.54, 1.807) is 29.2 Å². The number of likely N-dealkylation sites (tertiary alicyclic amines) is 1. The van der Waals surface area contributed by atoms with Crippen LogP contribution in [0.15, 0.2) is 54.1 Å². The normalized spacial score (nSPS) is 19.2. The summed E-state index contributed by atoms with van der Waals surface area (Å²) in [4.78, 5) is 30.7. The molecule has 0 radical (unpaired) electrons. The minimum absolute atomic E-state index is 0.105. The maximum absolute atomic E-state index is 13.4. The van der Waals surface area contributed by atoms with Crippen LogP contribution in [0, 0.1) is 5.92 Å². The third-order valence-corrected chi connectivity index (χ3v) is 7.44. The number of morpholine rings is 1. The van der Waals surface area contributed by atoms with Crippen molar-refractivity contribution in [3.8, 4) is 11.5 Å². The Balaban J connectivity index is 1.59. The number of hydrogen-bond acceptors (Lipinski definition) is 7. The molecule has 2 saturated heterocycles. The number of amides is 1. The topological polar surface area (TPSA) is 88.5 Å². The minimum atomic E-state index is -0.689. The van der Waals surface area contributed by atoms with E-state index in [0.29, 0.717) is 56.6 Å². The van der Waals surface area contributed by atoms with E-state index >= 15 is 0 Å². The lowest BCUT2D eigenvalue weighted by atomic mass is 9.95. The van der Waals surface area contributed by atoms with Crippen LogP contribution in [0.3, 0.4) is 0 Å². The van der Waals surface area contributed by atoms with Gasteiger partial charge >= 0.3 is 0 Å². The zero-order valence-electron chi connectivity index (χ0n) is 24.6. The Morgan fingerprint density at radius 3 is 2.24 bits per heavy atom. The predicted octanol–water partition coefficient (Wildman–Crippen LogP) is 5.43. The Hall–Kier alpha value is -3.36. The molecule has 0 saturated carbocycles. The monoisotopic (exact) mass is 564 g/mol. The second kappa shape index (κ2) is 15.0. The molecule has 1 unspecified atom stereocenters. The summed E-state index contributed by atoms with van der Waals surface area (Å²) in [6.45, 7) is 11.9. The van der Waals surface area contributed by atoms with E-state index in [1.165, 1.54) is 0 Å². The molecule has 2 aliphatic heterocycles. The number of ketones is 1. The number of nitrogens with zero attached hydrogens (tertiary/aromatic N) is 2. The number of Topliss-reactive ketones (excluding diaryl/α,β-unsaturated/α-hetero) is 1. The minimum Gasteiger partial charge on any atom is -0.507 e. The van der Waals surface area contributed by atoms with Gasteiger partial charge in [0.2, 0.25) is 0 Å². The fourth-order valence-electron chi connectivity index (χ4n) is 5.16. The quantitative estimate of drug-likeness (QED) is 0.142. The van der Waals surface area contributed by atoms with Gasteiger partial charge in [0.25, 0.3) is 11.7 Å². The van der Waals surface area contributed by atoms with Gasteiger partial charge in [0.1, 0.15) is 17.3 Å². The van der Waals surface area contributed by atoms with Crippen LogP contribution in [0.4, 0.5) is 0 Å². The molecule has 2 heterocycles. The first kappa shape index (κ1) is 30.6. The standard InChI is InChI=1S/C33H44N2O6/c1-4-5-6-20-40-27-12-8-25(9-13-27)30-29(31(36)26-10-14-28(15-11-26)41-23-24(2)3)32(37)33(38)35(30)17-7-16-34-18-21-39-22-19-34/h8-15,24,30,36H,4-7,16-23H2,1-3H3. The van der Waals surface area contributed by atoms with Gasteiger partial charge in [0.15, 0.2) is 0 Å². The molecule has 1 amide bonds. The predicted molar refractivity (Wildman–Crippen MR) is 159 cm³/mol. The van der Waals surface area contributed by atoms with E-state index in [4.69, 9.17) is 14.2 Å². The molecule has 2 aromatic rings. The molecule has 2 aliphatic rings. The Labute approximate surface area is 243 Å². The van der Waals surface area contributed by atoms with E-state index in [9.17, 15) is 14.7 Å². The number of ether oxygens (including phenoxy) is 3. The number of carbonyl (C=O) groups excluding carboxylic acids is 2. The van der Waals surface area contributed by atoms with Crippen molar-refractivity contribution in [1.29, 1.82) is 0 Å². The first-order valence-corrected chi connectivity index (χ1v) is 14.9. The number of carbonyl (C=O) groups is 2. The third-order valence-electron chi connectivity index (χ3n) is 7.44. The third kappa shape index (κ3) is 8.11. The number of aliphatic hydroxyl groups excluding tert-OH is 1. The van der Waals surface area contributed by atoms with Crippen LogP contribution in [-0.2, 0) is 14.3 Å². The van der Waals surface area contributed by atoms with Gasteiger partial charge < -0.3 is 24.2 Å². The Morgan fingerprint density at radius 2 is 1.59 bits per heavy atom. The van der Waals surface area contributed by atoms with Gasteiger partial charge in [-0.2, -0.15) is 0 Å². The molecule has 2 aromatic carbocycles. The van der Waals surface area contributed by atoms with E-state index in [2.05, 4.69) is 25.7 Å². The average molecular weight is 565 g/mol. The summed E-state index contributed by atoms with van der Waals surface area (Å²) in [5.41, 5.74) is 1.33. The lowest BCUT2D eigenvalue weighted by Crippen LogP contribution is -2.38. The van der Waals surface area contributed by atoms with Gasteiger partial charge in [0, 0.05) is 31.7 Å². The van der Waals surface area contributed by atoms with Crippen molar-refractivity contribution in [2.24, 2.45) is 5.92 Å². The summed E-state index contributed by atoms with van der Waals surface area (Å²) >= 11 is 0.